The van der Waals surface area contributed by atoms with E-state index in [0.29, 0.717) is 29.8 Å². The molecule has 152 valence electrons. The van der Waals surface area contributed by atoms with E-state index in [1.54, 1.807) is 12.3 Å². The summed E-state index contributed by atoms with van der Waals surface area (Å²) in [5.74, 6) is 2.38. The summed E-state index contributed by atoms with van der Waals surface area (Å²) in [4.78, 5) is 25.9. The highest BCUT2D eigenvalue weighted by Gasteiger charge is 2.63. The van der Waals surface area contributed by atoms with Crippen LogP contribution in [0.2, 0.25) is 0 Å². The van der Waals surface area contributed by atoms with Crippen molar-refractivity contribution in [3.05, 3.63) is 48.3 Å². The van der Waals surface area contributed by atoms with Gasteiger partial charge in [-0.2, -0.15) is 0 Å². The van der Waals surface area contributed by atoms with E-state index in [2.05, 4.69) is 26.3 Å². The topological polar surface area (TPSA) is 70.6 Å². The lowest BCUT2D eigenvalue weighted by Gasteiger charge is -2.29. The van der Waals surface area contributed by atoms with Crippen LogP contribution in [0.5, 0.6) is 0 Å². The maximum absolute atomic E-state index is 12.9. The quantitative estimate of drug-likeness (QED) is 0.837. The Morgan fingerprint density at radius 2 is 2.14 bits per heavy atom. The molecule has 3 aliphatic rings. The van der Waals surface area contributed by atoms with Crippen LogP contribution in [0.1, 0.15) is 23.2 Å². The summed E-state index contributed by atoms with van der Waals surface area (Å²) in [5, 5.41) is 3.17. The van der Waals surface area contributed by atoms with Crippen LogP contribution in [-0.2, 0) is 4.74 Å². The first-order chi connectivity index (χ1) is 14.1. The minimum Gasteiger partial charge on any atom is -0.369 e. The van der Waals surface area contributed by atoms with Gasteiger partial charge in [0.05, 0.1) is 17.3 Å². The summed E-state index contributed by atoms with van der Waals surface area (Å²) < 4.78 is 6.51. The summed E-state index contributed by atoms with van der Waals surface area (Å²) >= 11 is 0. The molecule has 1 amide bonds. The van der Waals surface area contributed by atoms with Crippen LogP contribution in [0.15, 0.2) is 42.7 Å². The van der Waals surface area contributed by atoms with E-state index >= 15 is 0 Å². The third-order valence-electron chi connectivity index (χ3n) is 6.71. The van der Waals surface area contributed by atoms with Crippen LogP contribution in [0.4, 0.5) is 11.6 Å². The molecular weight excluding hydrogens is 366 g/mol. The Bertz CT molecular complexity index is 905. The summed E-state index contributed by atoms with van der Waals surface area (Å²) in [7, 11) is 3.80. The minimum atomic E-state index is -0.0827. The van der Waals surface area contributed by atoms with Crippen molar-refractivity contribution in [3.63, 3.8) is 0 Å². The number of hydrogen-bond acceptors (Lipinski definition) is 6. The number of hydrogen-bond donors (Lipinski definition) is 1. The highest BCUT2D eigenvalue weighted by molar-refractivity contribution is 5.98. The van der Waals surface area contributed by atoms with Gasteiger partial charge in [-0.05, 0) is 37.1 Å². The van der Waals surface area contributed by atoms with Crippen molar-refractivity contribution in [3.8, 4) is 0 Å². The summed E-state index contributed by atoms with van der Waals surface area (Å²) in [5.41, 5.74) is 0.526. The zero-order valence-corrected chi connectivity index (χ0v) is 16.9. The third kappa shape index (κ3) is 3.04. The SMILES string of the molecule is CN(C)c1ncccc1C(=O)NC[C@H]1[C@H]2CN(c3ccccn3)C[C@]23CC[C@H]1O3. The number of carbonyl (C=O) groups excluding carboxylic acids is 1. The van der Waals surface area contributed by atoms with Gasteiger partial charge in [-0.15, -0.1) is 0 Å². The fraction of sp³-hybridized carbons (Fsp3) is 0.500. The second kappa shape index (κ2) is 6.99. The van der Waals surface area contributed by atoms with Crippen LogP contribution in [0, 0.1) is 11.8 Å². The number of nitrogens with zero attached hydrogens (tertiary/aromatic N) is 4. The molecule has 0 aliphatic carbocycles. The van der Waals surface area contributed by atoms with Gasteiger partial charge in [0.2, 0.25) is 0 Å². The molecule has 3 fully saturated rings. The normalized spacial score (nSPS) is 29.7. The number of rotatable bonds is 5. The second-order valence-corrected chi connectivity index (χ2v) is 8.58. The van der Waals surface area contributed by atoms with E-state index < -0.39 is 0 Å². The lowest BCUT2D eigenvalue weighted by Crippen LogP contribution is -2.42. The Hall–Kier alpha value is -2.67. The standard InChI is InChI=1S/C22H27N5O2/c1-26(2)20-15(6-5-11-24-20)21(28)25-12-16-17-13-27(19-7-3-4-10-23-19)14-22(17)9-8-18(16)29-22/h3-7,10-11,16-18H,8-9,12-14H2,1-2H3,(H,25,28)/t16-,17+,18+,22+/m0/s1. The third-order valence-corrected chi connectivity index (χ3v) is 6.71. The molecule has 0 saturated carbocycles. The molecule has 3 aliphatic heterocycles. The zero-order valence-electron chi connectivity index (χ0n) is 16.9. The Morgan fingerprint density at radius 1 is 1.28 bits per heavy atom. The molecule has 2 aromatic rings. The van der Waals surface area contributed by atoms with E-state index in [-0.39, 0.29) is 17.6 Å². The molecule has 4 atom stereocenters. The maximum atomic E-state index is 12.9. The van der Waals surface area contributed by atoms with Crippen molar-refractivity contribution in [2.75, 3.05) is 43.5 Å². The highest BCUT2D eigenvalue weighted by atomic mass is 16.5. The van der Waals surface area contributed by atoms with Crippen LogP contribution < -0.4 is 15.1 Å². The molecule has 1 spiro atoms. The van der Waals surface area contributed by atoms with E-state index in [0.717, 1.165) is 31.7 Å². The van der Waals surface area contributed by atoms with Crippen LogP contribution >= 0.6 is 0 Å². The molecule has 2 aromatic heterocycles. The molecule has 0 aromatic carbocycles. The number of pyridine rings is 2. The predicted molar refractivity (Wildman–Crippen MR) is 111 cm³/mol. The number of ether oxygens (including phenoxy) is 1. The second-order valence-electron chi connectivity index (χ2n) is 8.58. The van der Waals surface area contributed by atoms with Gasteiger partial charge in [-0.3, -0.25) is 4.79 Å². The smallest absolute Gasteiger partial charge is 0.255 e. The van der Waals surface area contributed by atoms with Crippen molar-refractivity contribution in [1.29, 1.82) is 0 Å². The molecule has 5 rings (SSSR count). The van der Waals surface area contributed by atoms with Gasteiger partial charge < -0.3 is 19.9 Å². The number of aromatic nitrogens is 2. The fourth-order valence-corrected chi connectivity index (χ4v) is 5.42. The Labute approximate surface area is 171 Å². The Morgan fingerprint density at radius 3 is 2.93 bits per heavy atom. The number of amides is 1. The molecule has 7 heteroatoms. The molecule has 0 unspecified atom stereocenters. The van der Waals surface area contributed by atoms with Gasteiger partial charge in [-0.25, -0.2) is 9.97 Å². The first-order valence-corrected chi connectivity index (χ1v) is 10.3. The van der Waals surface area contributed by atoms with E-state index in [1.807, 2.05) is 43.4 Å². The Kier molecular flexibility index (Phi) is 4.42. The first-order valence-electron chi connectivity index (χ1n) is 10.3. The lowest BCUT2D eigenvalue weighted by molar-refractivity contribution is 0.0141. The molecule has 7 nitrogen and oxygen atoms in total. The molecule has 2 bridgehead atoms. The van der Waals surface area contributed by atoms with Crippen LogP contribution in [0.3, 0.4) is 0 Å². The van der Waals surface area contributed by atoms with Crippen molar-refractivity contribution in [2.24, 2.45) is 11.8 Å². The number of anilines is 2. The molecule has 29 heavy (non-hydrogen) atoms. The summed E-state index contributed by atoms with van der Waals surface area (Å²) in [6.07, 6.45) is 5.97. The zero-order chi connectivity index (χ0) is 20.0. The maximum Gasteiger partial charge on any atom is 0.255 e. The molecule has 1 N–H and O–H groups in total. The highest BCUT2D eigenvalue weighted by Crippen LogP contribution is 2.55. The van der Waals surface area contributed by atoms with Crippen LogP contribution in [0.25, 0.3) is 0 Å². The minimum absolute atomic E-state index is 0.0711. The summed E-state index contributed by atoms with van der Waals surface area (Å²) in [6.45, 7) is 2.46. The average Bonchev–Trinajstić information content (AvgIpc) is 3.41. The fourth-order valence-electron chi connectivity index (χ4n) is 5.42. The summed E-state index contributed by atoms with van der Waals surface area (Å²) in [6, 6.07) is 9.67. The predicted octanol–water partition coefficient (Wildman–Crippen LogP) is 1.96. The molecular formula is C22H27N5O2. The van der Waals surface area contributed by atoms with Gasteiger partial charge in [0, 0.05) is 58.0 Å². The van der Waals surface area contributed by atoms with E-state index in [9.17, 15) is 4.79 Å². The Balaban J connectivity index is 1.30. The van der Waals surface area contributed by atoms with Crippen molar-refractivity contribution < 1.29 is 9.53 Å². The average molecular weight is 393 g/mol. The van der Waals surface area contributed by atoms with E-state index in [1.165, 1.54) is 0 Å². The molecule has 3 saturated heterocycles. The van der Waals surface area contributed by atoms with Gasteiger partial charge >= 0.3 is 0 Å². The number of fused-ring (bicyclic) bond motifs is 1. The lowest BCUT2D eigenvalue weighted by atomic mass is 9.73. The monoisotopic (exact) mass is 393 g/mol. The largest absolute Gasteiger partial charge is 0.369 e. The van der Waals surface area contributed by atoms with Crippen molar-refractivity contribution in [1.82, 2.24) is 15.3 Å². The van der Waals surface area contributed by atoms with E-state index in [4.69, 9.17) is 4.74 Å². The first kappa shape index (κ1) is 18.4. The van der Waals surface area contributed by atoms with Crippen molar-refractivity contribution in [2.45, 2.75) is 24.5 Å². The van der Waals surface area contributed by atoms with Gasteiger partial charge in [0.15, 0.2) is 0 Å². The van der Waals surface area contributed by atoms with Crippen LogP contribution in [-0.4, -0.2) is 61.3 Å². The van der Waals surface area contributed by atoms with Gasteiger partial charge in [0.25, 0.3) is 5.91 Å². The van der Waals surface area contributed by atoms with Gasteiger partial charge in [-0.1, -0.05) is 6.07 Å². The molecule has 5 heterocycles. The molecule has 0 radical (unpaired) electrons. The van der Waals surface area contributed by atoms with Gasteiger partial charge in [0.1, 0.15) is 11.6 Å². The number of carbonyl (C=O) groups is 1. The number of nitrogens with one attached hydrogen (secondary N) is 1. The van der Waals surface area contributed by atoms with Crippen molar-refractivity contribution >= 4 is 17.5 Å².